The van der Waals surface area contributed by atoms with E-state index in [0.29, 0.717) is 24.5 Å². The molecule has 0 aliphatic rings. The number of sulfonamides is 1. The van der Waals surface area contributed by atoms with Gasteiger partial charge < -0.3 is 15.0 Å². The minimum atomic E-state index is -3.59. The third kappa shape index (κ3) is 8.84. The van der Waals surface area contributed by atoms with E-state index in [-0.39, 0.29) is 37.7 Å². The van der Waals surface area contributed by atoms with Crippen molar-refractivity contribution >= 4 is 27.5 Å². The Morgan fingerprint density at radius 2 is 1.62 bits per heavy atom. The number of ether oxygens (including phenoxy) is 1. The van der Waals surface area contributed by atoms with Crippen molar-refractivity contribution in [2.24, 2.45) is 0 Å². The summed E-state index contributed by atoms with van der Waals surface area (Å²) in [5.74, 6) is 0.184. The number of anilines is 1. The van der Waals surface area contributed by atoms with Crippen molar-refractivity contribution in [3.05, 3.63) is 95.6 Å². The molecule has 40 heavy (non-hydrogen) atoms. The van der Waals surface area contributed by atoms with E-state index in [9.17, 15) is 18.0 Å². The number of likely N-dealkylation sites (N-methyl/N-ethyl adjacent to an activating group) is 1. The smallest absolute Gasteiger partial charge is 0.242 e. The van der Waals surface area contributed by atoms with E-state index in [1.807, 2.05) is 68.4 Å². The van der Waals surface area contributed by atoms with E-state index < -0.39 is 16.1 Å². The summed E-state index contributed by atoms with van der Waals surface area (Å²) in [6.45, 7) is 4.76. The fraction of sp³-hybridized carbons (Fsp3) is 0.355. The van der Waals surface area contributed by atoms with E-state index in [1.54, 1.807) is 36.2 Å². The Morgan fingerprint density at radius 1 is 0.950 bits per heavy atom. The van der Waals surface area contributed by atoms with Gasteiger partial charge in [-0.15, -0.1) is 0 Å². The second kappa shape index (κ2) is 14.5. The molecule has 9 heteroatoms. The zero-order valence-electron chi connectivity index (χ0n) is 23.7. The molecule has 8 nitrogen and oxygen atoms in total. The van der Waals surface area contributed by atoms with Gasteiger partial charge in [-0.2, -0.15) is 0 Å². The third-order valence-corrected chi connectivity index (χ3v) is 7.73. The van der Waals surface area contributed by atoms with Gasteiger partial charge in [0.1, 0.15) is 11.8 Å². The second-order valence-electron chi connectivity index (χ2n) is 9.70. The standard InChI is InChI=1S/C31H39N3O5S/c1-5-39-28-18-16-27(17-19-28)34(40(4,37)38)20-10-15-30(35)33(23-26-14-9-11-24(2)21-26)29(31(36)32-3)22-25-12-7-6-8-13-25/h6-9,11-14,16-19,21,29H,5,10,15,20,22-23H2,1-4H3,(H,32,36)/t29-/m0/s1. The van der Waals surface area contributed by atoms with Crippen molar-refractivity contribution in [3.63, 3.8) is 0 Å². The molecule has 0 bridgehead atoms. The van der Waals surface area contributed by atoms with E-state index in [2.05, 4.69) is 5.32 Å². The zero-order chi connectivity index (χ0) is 29.1. The van der Waals surface area contributed by atoms with Crippen molar-refractivity contribution in [2.45, 2.75) is 45.7 Å². The first-order chi connectivity index (χ1) is 19.1. The van der Waals surface area contributed by atoms with Gasteiger partial charge in [0, 0.05) is 33.0 Å². The maximum Gasteiger partial charge on any atom is 0.242 e. The molecule has 0 fully saturated rings. The van der Waals surface area contributed by atoms with Crippen molar-refractivity contribution in [3.8, 4) is 5.75 Å². The van der Waals surface area contributed by atoms with Crippen LogP contribution in [0.3, 0.4) is 0 Å². The molecule has 1 N–H and O–H groups in total. The number of carbonyl (C=O) groups excluding carboxylic acids is 2. The number of nitrogens with one attached hydrogen (secondary N) is 1. The van der Waals surface area contributed by atoms with Gasteiger partial charge in [-0.05, 0) is 55.7 Å². The lowest BCUT2D eigenvalue weighted by atomic mass is 10.0. The lowest BCUT2D eigenvalue weighted by Gasteiger charge is -2.31. The first-order valence-corrected chi connectivity index (χ1v) is 15.3. The summed E-state index contributed by atoms with van der Waals surface area (Å²) < 4.78 is 32.0. The lowest BCUT2D eigenvalue weighted by molar-refractivity contribution is -0.141. The Kier molecular flexibility index (Phi) is 11.1. The minimum absolute atomic E-state index is 0.0805. The van der Waals surface area contributed by atoms with Crippen molar-refractivity contribution in [1.82, 2.24) is 10.2 Å². The molecular weight excluding hydrogens is 526 g/mol. The van der Waals surface area contributed by atoms with E-state index >= 15 is 0 Å². The molecule has 214 valence electrons. The summed E-state index contributed by atoms with van der Waals surface area (Å²) in [5, 5.41) is 2.72. The van der Waals surface area contributed by atoms with Gasteiger partial charge in [-0.25, -0.2) is 8.42 Å². The number of rotatable bonds is 14. The van der Waals surface area contributed by atoms with Gasteiger partial charge in [0.2, 0.25) is 21.8 Å². The number of carbonyl (C=O) groups is 2. The average Bonchev–Trinajstić information content (AvgIpc) is 2.93. The van der Waals surface area contributed by atoms with E-state index in [1.165, 1.54) is 4.31 Å². The van der Waals surface area contributed by atoms with Crippen LogP contribution >= 0.6 is 0 Å². The van der Waals surface area contributed by atoms with Crippen LogP contribution in [0.15, 0.2) is 78.9 Å². The van der Waals surface area contributed by atoms with Crippen molar-refractivity contribution < 1.29 is 22.7 Å². The first-order valence-electron chi connectivity index (χ1n) is 13.4. The highest BCUT2D eigenvalue weighted by molar-refractivity contribution is 7.92. The van der Waals surface area contributed by atoms with Crippen LogP contribution in [0.1, 0.15) is 36.5 Å². The van der Waals surface area contributed by atoms with Crippen LogP contribution in [0.2, 0.25) is 0 Å². The summed E-state index contributed by atoms with van der Waals surface area (Å²) in [4.78, 5) is 28.4. The molecule has 3 aromatic carbocycles. The van der Waals surface area contributed by atoms with Crippen LogP contribution in [0, 0.1) is 6.92 Å². The molecule has 0 aliphatic carbocycles. The van der Waals surface area contributed by atoms with E-state index in [0.717, 1.165) is 22.9 Å². The second-order valence-corrected chi connectivity index (χ2v) is 11.6. The molecule has 2 amide bonds. The van der Waals surface area contributed by atoms with Crippen LogP contribution in [0.25, 0.3) is 0 Å². The van der Waals surface area contributed by atoms with Crippen LogP contribution < -0.4 is 14.4 Å². The monoisotopic (exact) mass is 565 g/mol. The van der Waals surface area contributed by atoms with Gasteiger partial charge in [-0.3, -0.25) is 13.9 Å². The molecule has 3 aromatic rings. The fourth-order valence-corrected chi connectivity index (χ4v) is 5.57. The number of amides is 2. The molecule has 0 spiro atoms. The minimum Gasteiger partial charge on any atom is -0.494 e. The molecule has 0 radical (unpaired) electrons. The summed E-state index contributed by atoms with van der Waals surface area (Å²) in [6.07, 6.45) is 1.88. The molecular formula is C31H39N3O5S. The maximum atomic E-state index is 13.7. The van der Waals surface area contributed by atoms with Crippen LogP contribution in [-0.2, 0) is 32.6 Å². The zero-order valence-corrected chi connectivity index (χ0v) is 24.5. The van der Waals surface area contributed by atoms with Crippen molar-refractivity contribution in [2.75, 3.05) is 30.8 Å². The normalized spacial score (nSPS) is 11.9. The Hall–Kier alpha value is -3.85. The van der Waals surface area contributed by atoms with Crippen LogP contribution in [-0.4, -0.2) is 57.6 Å². The van der Waals surface area contributed by atoms with Gasteiger partial charge in [0.25, 0.3) is 0 Å². The molecule has 0 saturated heterocycles. The van der Waals surface area contributed by atoms with Gasteiger partial charge in [0.15, 0.2) is 0 Å². The Bertz CT molecular complexity index is 1360. The van der Waals surface area contributed by atoms with Gasteiger partial charge in [-0.1, -0.05) is 60.2 Å². The molecule has 0 aromatic heterocycles. The highest BCUT2D eigenvalue weighted by Crippen LogP contribution is 2.23. The molecule has 3 rings (SSSR count). The fourth-order valence-electron chi connectivity index (χ4n) is 4.61. The SMILES string of the molecule is CCOc1ccc(N(CCCC(=O)N(Cc2cccc(C)c2)[C@@H](Cc2ccccc2)C(=O)NC)S(C)(=O)=O)cc1. The third-order valence-electron chi connectivity index (χ3n) is 6.54. The molecule has 0 unspecified atom stereocenters. The van der Waals surface area contributed by atoms with Crippen LogP contribution in [0.4, 0.5) is 5.69 Å². The number of aryl methyl sites for hydroxylation is 1. The highest BCUT2D eigenvalue weighted by Gasteiger charge is 2.30. The number of hydrogen-bond donors (Lipinski definition) is 1. The summed E-state index contributed by atoms with van der Waals surface area (Å²) >= 11 is 0. The predicted octanol–water partition coefficient (Wildman–Crippen LogP) is 4.33. The maximum absolute atomic E-state index is 13.7. The number of hydrogen-bond acceptors (Lipinski definition) is 5. The first kappa shape index (κ1) is 30.7. The summed E-state index contributed by atoms with van der Waals surface area (Å²) in [5.41, 5.74) is 3.42. The largest absolute Gasteiger partial charge is 0.494 e. The molecule has 0 aliphatic heterocycles. The molecule has 1 atom stereocenters. The Labute approximate surface area is 238 Å². The Balaban J connectivity index is 1.82. The van der Waals surface area contributed by atoms with Gasteiger partial charge >= 0.3 is 0 Å². The van der Waals surface area contributed by atoms with E-state index in [4.69, 9.17) is 4.74 Å². The Morgan fingerprint density at radius 3 is 2.23 bits per heavy atom. The van der Waals surface area contributed by atoms with Gasteiger partial charge in [0.05, 0.1) is 18.6 Å². The molecule has 0 heterocycles. The lowest BCUT2D eigenvalue weighted by Crippen LogP contribution is -2.49. The molecule has 0 saturated carbocycles. The van der Waals surface area contributed by atoms with Crippen molar-refractivity contribution in [1.29, 1.82) is 0 Å². The number of benzene rings is 3. The highest BCUT2D eigenvalue weighted by atomic mass is 32.2. The quantitative estimate of drug-likeness (QED) is 0.314. The topological polar surface area (TPSA) is 96.0 Å². The summed E-state index contributed by atoms with van der Waals surface area (Å²) in [7, 11) is -2.02. The average molecular weight is 566 g/mol. The summed E-state index contributed by atoms with van der Waals surface area (Å²) in [6, 6.07) is 23.6. The predicted molar refractivity (Wildman–Crippen MR) is 159 cm³/mol. The number of nitrogens with zero attached hydrogens (tertiary/aromatic N) is 2. The van der Waals surface area contributed by atoms with Crippen LogP contribution in [0.5, 0.6) is 5.75 Å².